The molecule has 1 amide bonds. The molecule has 1 aromatic rings. The van der Waals surface area contributed by atoms with E-state index >= 15 is 0 Å². The maximum absolute atomic E-state index is 11.6. The molecule has 2 N–H and O–H groups in total. The number of hydrogen-bond acceptors (Lipinski definition) is 2. The summed E-state index contributed by atoms with van der Waals surface area (Å²) in [5, 5.41) is 11.3. The zero-order valence-corrected chi connectivity index (χ0v) is 11.8. The molecule has 18 heavy (non-hydrogen) atoms. The van der Waals surface area contributed by atoms with Crippen LogP contribution in [0.2, 0.25) is 0 Å². The van der Waals surface area contributed by atoms with Gasteiger partial charge in [0.25, 0.3) is 0 Å². The second-order valence-corrected chi connectivity index (χ2v) is 5.08. The number of carboxylic acid groups (broad SMARTS) is 1. The van der Waals surface area contributed by atoms with Gasteiger partial charge in [-0.15, -0.1) is 0 Å². The lowest BCUT2D eigenvalue weighted by atomic mass is 10.2. The molecule has 0 fully saturated rings. The number of aliphatic carboxylic acids is 1. The van der Waals surface area contributed by atoms with E-state index in [0.29, 0.717) is 19.3 Å². The van der Waals surface area contributed by atoms with Crippen LogP contribution in [0.5, 0.6) is 0 Å². The number of benzene rings is 1. The van der Waals surface area contributed by atoms with Crippen LogP contribution in [0.4, 0.5) is 5.69 Å². The predicted octanol–water partition coefficient (Wildman–Crippen LogP) is 3.34. The van der Waals surface area contributed by atoms with Crippen molar-refractivity contribution in [3.63, 3.8) is 0 Å². The van der Waals surface area contributed by atoms with E-state index in [4.69, 9.17) is 5.11 Å². The van der Waals surface area contributed by atoms with E-state index in [2.05, 4.69) is 21.2 Å². The van der Waals surface area contributed by atoms with E-state index in [1.165, 1.54) is 0 Å². The van der Waals surface area contributed by atoms with E-state index in [-0.39, 0.29) is 12.3 Å². The minimum atomic E-state index is -0.821. The number of halogens is 1. The number of carbonyl (C=O) groups is 2. The molecule has 0 aromatic heterocycles. The predicted molar refractivity (Wildman–Crippen MR) is 73.6 cm³/mol. The molecule has 0 saturated carbocycles. The SMILES string of the molecule is Cc1cc(Br)cc(NC(=O)CCCCC(=O)O)c1. The van der Waals surface area contributed by atoms with Crippen LogP contribution in [-0.4, -0.2) is 17.0 Å². The summed E-state index contributed by atoms with van der Waals surface area (Å²) in [5.74, 6) is -0.907. The molecule has 98 valence electrons. The van der Waals surface area contributed by atoms with Gasteiger partial charge in [0.2, 0.25) is 5.91 Å². The summed E-state index contributed by atoms with van der Waals surface area (Å²) in [4.78, 5) is 21.9. The number of amides is 1. The van der Waals surface area contributed by atoms with Crippen LogP contribution in [0.1, 0.15) is 31.2 Å². The van der Waals surface area contributed by atoms with Gasteiger partial charge in [0.15, 0.2) is 0 Å². The van der Waals surface area contributed by atoms with Crippen LogP contribution >= 0.6 is 15.9 Å². The minimum absolute atomic E-state index is 0.0853. The number of nitrogens with one attached hydrogen (secondary N) is 1. The fourth-order valence-electron chi connectivity index (χ4n) is 1.59. The van der Waals surface area contributed by atoms with Crippen molar-refractivity contribution in [2.45, 2.75) is 32.6 Å². The van der Waals surface area contributed by atoms with Gasteiger partial charge in [-0.05, 0) is 43.5 Å². The molecule has 5 heteroatoms. The van der Waals surface area contributed by atoms with Crippen LogP contribution in [-0.2, 0) is 9.59 Å². The summed E-state index contributed by atoms with van der Waals surface area (Å²) >= 11 is 3.37. The number of unbranched alkanes of at least 4 members (excludes halogenated alkanes) is 1. The molecule has 0 bridgehead atoms. The molecular weight excluding hydrogens is 298 g/mol. The number of carbonyl (C=O) groups excluding carboxylic acids is 1. The molecule has 0 aliphatic carbocycles. The fourth-order valence-corrected chi connectivity index (χ4v) is 2.20. The van der Waals surface area contributed by atoms with Gasteiger partial charge in [-0.25, -0.2) is 0 Å². The molecule has 0 spiro atoms. The average molecular weight is 314 g/mol. The Morgan fingerprint density at radius 2 is 1.89 bits per heavy atom. The van der Waals surface area contributed by atoms with E-state index < -0.39 is 5.97 Å². The number of rotatable bonds is 6. The van der Waals surface area contributed by atoms with E-state index in [1.807, 2.05) is 25.1 Å². The molecule has 0 atom stereocenters. The molecule has 1 aromatic carbocycles. The lowest BCUT2D eigenvalue weighted by Gasteiger charge is -2.06. The molecule has 0 unspecified atom stereocenters. The standard InChI is InChI=1S/C13H16BrNO3/c1-9-6-10(14)8-11(7-9)15-12(16)4-2-3-5-13(17)18/h6-8H,2-5H2,1H3,(H,15,16)(H,17,18). The van der Waals surface area contributed by atoms with Gasteiger partial charge < -0.3 is 10.4 Å². The second-order valence-electron chi connectivity index (χ2n) is 4.17. The van der Waals surface area contributed by atoms with Crippen molar-refractivity contribution in [3.8, 4) is 0 Å². The van der Waals surface area contributed by atoms with E-state index in [9.17, 15) is 9.59 Å². The zero-order valence-electron chi connectivity index (χ0n) is 10.2. The number of carboxylic acids is 1. The first kappa shape index (κ1) is 14.7. The van der Waals surface area contributed by atoms with Crippen LogP contribution in [0.3, 0.4) is 0 Å². The highest BCUT2D eigenvalue weighted by molar-refractivity contribution is 9.10. The first-order valence-corrected chi connectivity index (χ1v) is 6.55. The fraction of sp³-hybridized carbons (Fsp3) is 0.385. The first-order chi connectivity index (χ1) is 8.47. The van der Waals surface area contributed by atoms with Crippen molar-refractivity contribution < 1.29 is 14.7 Å². The second kappa shape index (κ2) is 7.16. The normalized spacial score (nSPS) is 10.1. The van der Waals surface area contributed by atoms with Crippen LogP contribution in [0, 0.1) is 6.92 Å². The Kier molecular flexibility index (Phi) is 5.85. The minimum Gasteiger partial charge on any atom is -0.481 e. The van der Waals surface area contributed by atoms with Crippen molar-refractivity contribution in [2.24, 2.45) is 0 Å². The summed E-state index contributed by atoms with van der Waals surface area (Å²) < 4.78 is 0.920. The number of aryl methyl sites for hydroxylation is 1. The van der Waals surface area contributed by atoms with Crippen molar-refractivity contribution in [2.75, 3.05) is 5.32 Å². The molecule has 0 saturated heterocycles. The van der Waals surface area contributed by atoms with Gasteiger partial charge in [0, 0.05) is 23.0 Å². The van der Waals surface area contributed by atoms with Crippen LogP contribution < -0.4 is 5.32 Å². The lowest BCUT2D eigenvalue weighted by Crippen LogP contribution is -2.11. The van der Waals surface area contributed by atoms with Gasteiger partial charge in [-0.1, -0.05) is 15.9 Å². The third kappa shape index (κ3) is 5.82. The monoisotopic (exact) mass is 313 g/mol. The first-order valence-electron chi connectivity index (χ1n) is 5.76. The summed E-state index contributed by atoms with van der Waals surface area (Å²) in [6.07, 6.45) is 1.58. The molecule has 0 aliphatic heterocycles. The summed E-state index contributed by atoms with van der Waals surface area (Å²) in [7, 11) is 0. The average Bonchev–Trinajstić information content (AvgIpc) is 2.22. The lowest BCUT2D eigenvalue weighted by molar-refractivity contribution is -0.137. The Morgan fingerprint density at radius 1 is 1.22 bits per heavy atom. The Balaban J connectivity index is 2.37. The third-order valence-electron chi connectivity index (χ3n) is 2.37. The highest BCUT2D eigenvalue weighted by Gasteiger charge is 2.04. The van der Waals surface area contributed by atoms with E-state index in [1.54, 1.807) is 0 Å². The molecule has 0 heterocycles. The summed E-state index contributed by atoms with van der Waals surface area (Å²) in [5.41, 5.74) is 1.82. The molecule has 0 radical (unpaired) electrons. The van der Waals surface area contributed by atoms with Gasteiger partial charge in [0.1, 0.15) is 0 Å². The van der Waals surface area contributed by atoms with Gasteiger partial charge in [0.05, 0.1) is 0 Å². The zero-order chi connectivity index (χ0) is 13.5. The van der Waals surface area contributed by atoms with Crippen LogP contribution in [0.25, 0.3) is 0 Å². The summed E-state index contributed by atoms with van der Waals surface area (Å²) in [6.45, 7) is 1.95. The third-order valence-corrected chi connectivity index (χ3v) is 2.83. The van der Waals surface area contributed by atoms with Crippen molar-refractivity contribution in [1.82, 2.24) is 0 Å². The Hall–Kier alpha value is -1.36. The van der Waals surface area contributed by atoms with Gasteiger partial charge >= 0.3 is 5.97 Å². The van der Waals surface area contributed by atoms with Crippen LogP contribution in [0.15, 0.2) is 22.7 Å². The molecule has 0 aliphatic rings. The number of hydrogen-bond donors (Lipinski definition) is 2. The molecule has 4 nitrogen and oxygen atoms in total. The smallest absolute Gasteiger partial charge is 0.303 e. The van der Waals surface area contributed by atoms with Crippen molar-refractivity contribution >= 4 is 33.5 Å². The van der Waals surface area contributed by atoms with Gasteiger partial charge in [-0.2, -0.15) is 0 Å². The Bertz CT molecular complexity index is 426. The van der Waals surface area contributed by atoms with E-state index in [0.717, 1.165) is 15.7 Å². The molecular formula is C13H16BrNO3. The van der Waals surface area contributed by atoms with Crippen molar-refractivity contribution in [1.29, 1.82) is 0 Å². The maximum atomic E-state index is 11.6. The van der Waals surface area contributed by atoms with Gasteiger partial charge in [-0.3, -0.25) is 9.59 Å². The topological polar surface area (TPSA) is 66.4 Å². The Labute approximate surface area is 115 Å². The highest BCUT2D eigenvalue weighted by Crippen LogP contribution is 2.19. The largest absolute Gasteiger partial charge is 0.481 e. The Morgan fingerprint density at radius 3 is 2.50 bits per heavy atom. The number of anilines is 1. The molecule has 1 rings (SSSR count). The van der Waals surface area contributed by atoms with Crippen molar-refractivity contribution in [3.05, 3.63) is 28.2 Å². The summed E-state index contributed by atoms with van der Waals surface area (Å²) in [6, 6.07) is 5.69. The quantitative estimate of drug-likeness (QED) is 0.791. The highest BCUT2D eigenvalue weighted by atomic mass is 79.9. The maximum Gasteiger partial charge on any atom is 0.303 e.